The molecule has 0 atom stereocenters. The fourth-order valence-electron chi connectivity index (χ4n) is 2.12. The van der Waals surface area contributed by atoms with Gasteiger partial charge in [0, 0.05) is 4.88 Å². The summed E-state index contributed by atoms with van der Waals surface area (Å²) in [6.07, 6.45) is 1.51. The van der Waals surface area contributed by atoms with Gasteiger partial charge in [-0.25, -0.2) is 4.79 Å². The minimum absolute atomic E-state index is 0.0296. The minimum Gasteiger partial charge on any atom is -0.273 e. The van der Waals surface area contributed by atoms with Crippen LogP contribution in [0.3, 0.4) is 0 Å². The Morgan fingerprint density at radius 1 is 1.05 bits per heavy atom. The number of nitrogens with zero attached hydrogens (tertiary/aromatic N) is 1. The van der Waals surface area contributed by atoms with Gasteiger partial charge in [-0.1, -0.05) is 36.4 Å². The number of carbonyl (C=O) groups is 3. The Kier molecular flexibility index (Phi) is 3.84. The third kappa shape index (κ3) is 2.82. The van der Waals surface area contributed by atoms with Gasteiger partial charge in [-0.2, -0.15) is 0 Å². The molecule has 22 heavy (non-hydrogen) atoms. The molecule has 0 radical (unpaired) electrons. The van der Waals surface area contributed by atoms with E-state index in [2.05, 4.69) is 5.32 Å². The molecule has 3 rings (SSSR count). The first-order valence-corrected chi connectivity index (χ1v) is 7.49. The Labute approximate surface area is 130 Å². The first kappa shape index (κ1) is 14.2. The zero-order valence-electron chi connectivity index (χ0n) is 11.5. The van der Waals surface area contributed by atoms with Crippen LogP contribution in [0.2, 0.25) is 0 Å². The SMILES string of the molecule is O=C1NC(=O)N(Cc2ccccc2)C(=O)C1=Cc1cccs1. The molecular weight excluding hydrogens is 300 g/mol. The second-order valence-electron chi connectivity index (χ2n) is 4.71. The molecule has 0 aliphatic carbocycles. The van der Waals surface area contributed by atoms with Gasteiger partial charge >= 0.3 is 6.03 Å². The number of rotatable bonds is 3. The highest BCUT2D eigenvalue weighted by Gasteiger charge is 2.35. The predicted octanol–water partition coefficient (Wildman–Crippen LogP) is 2.41. The van der Waals surface area contributed by atoms with Crippen LogP contribution < -0.4 is 5.32 Å². The molecule has 1 aliphatic rings. The number of carbonyl (C=O) groups excluding carboxylic acids is 3. The summed E-state index contributed by atoms with van der Waals surface area (Å²) >= 11 is 1.41. The summed E-state index contributed by atoms with van der Waals surface area (Å²) in [4.78, 5) is 38.1. The zero-order valence-corrected chi connectivity index (χ0v) is 12.3. The smallest absolute Gasteiger partial charge is 0.273 e. The van der Waals surface area contributed by atoms with Crippen molar-refractivity contribution in [3.05, 3.63) is 63.9 Å². The van der Waals surface area contributed by atoms with E-state index < -0.39 is 17.8 Å². The van der Waals surface area contributed by atoms with Gasteiger partial charge in [-0.05, 0) is 23.1 Å². The molecule has 5 nitrogen and oxygen atoms in total. The van der Waals surface area contributed by atoms with E-state index in [0.29, 0.717) is 0 Å². The molecule has 4 amide bonds. The van der Waals surface area contributed by atoms with Crippen molar-refractivity contribution in [2.24, 2.45) is 0 Å². The van der Waals surface area contributed by atoms with Crippen LogP contribution in [0.1, 0.15) is 10.4 Å². The van der Waals surface area contributed by atoms with Crippen molar-refractivity contribution in [2.45, 2.75) is 6.54 Å². The fourth-order valence-corrected chi connectivity index (χ4v) is 2.78. The van der Waals surface area contributed by atoms with E-state index in [1.54, 1.807) is 6.07 Å². The van der Waals surface area contributed by atoms with E-state index >= 15 is 0 Å². The first-order chi connectivity index (χ1) is 10.6. The number of hydrogen-bond acceptors (Lipinski definition) is 4. The highest BCUT2D eigenvalue weighted by atomic mass is 32.1. The number of amides is 4. The lowest BCUT2D eigenvalue weighted by atomic mass is 10.1. The lowest BCUT2D eigenvalue weighted by Crippen LogP contribution is -2.53. The van der Waals surface area contributed by atoms with E-state index in [1.165, 1.54) is 17.4 Å². The Balaban J connectivity index is 1.89. The van der Waals surface area contributed by atoms with Crippen molar-refractivity contribution in [1.82, 2.24) is 10.2 Å². The van der Waals surface area contributed by atoms with Crippen LogP contribution in [0.25, 0.3) is 6.08 Å². The van der Waals surface area contributed by atoms with Gasteiger partial charge in [0.15, 0.2) is 0 Å². The lowest BCUT2D eigenvalue weighted by Gasteiger charge is -2.26. The highest BCUT2D eigenvalue weighted by molar-refractivity contribution is 7.10. The summed E-state index contributed by atoms with van der Waals surface area (Å²) in [7, 11) is 0. The van der Waals surface area contributed by atoms with Crippen molar-refractivity contribution in [3.63, 3.8) is 0 Å². The Bertz CT molecular complexity index is 751. The second-order valence-corrected chi connectivity index (χ2v) is 5.69. The Morgan fingerprint density at radius 3 is 2.50 bits per heavy atom. The number of imide groups is 2. The topological polar surface area (TPSA) is 66.5 Å². The molecular formula is C16H12N2O3S. The van der Waals surface area contributed by atoms with Gasteiger partial charge in [0.1, 0.15) is 5.57 Å². The Hall–Kier alpha value is -2.73. The molecule has 0 unspecified atom stereocenters. The summed E-state index contributed by atoms with van der Waals surface area (Å²) in [6, 6.07) is 12.1. The third-order valence-corrected chi connectivity index (χ3v) is 4.02. The van der Waals surface area contributed by atoms with E-state index in [4.69, 9.17) is 0 Å². The van der Waals surface area contributed by atoms with Gasteiger partial charge in [0.25, 0.3) is 11.8 Å². The van der Waals surface area contributed by atoms with Crippen molar-refractivity contribution in [1.29, 1.82) is 0 Å². The Morgan fingerprint density at radius 2 is 1.82 bits per heavy atom. The van der Waals surface area contributed by atoms with Crippen LogP contribution >= 0.6 is 11.3 Å². The maximum absolute atomic E-state index is 12.5. The van der Waals surface area contributed by atoms with E-state index in [0.717, 1.165) is 15.3 Å². The van der Waals surface area contributed by atoms with E-state index in [1.807, 2.05) is 41.8 Å². The van der Waals surface area contributed by atoms with Gasteiger partial charge in [0.05, 0.1) is 6.54 Å². The highest BCUT2D eigenvalue weighted by Crippen LogP contribution is 2.19. The van der Waals surface area contributed by atoms with Crippen molar-refractivity contribution in [2.75, 3.05) is 0 Å². The minimum atomic E-state index is -0.692. The number of thiophene rings is 1. The molecule has 1 saturated heterocycles. The largest absolute Gasteiger partial charge is 0.331 e. The average Bonchev–Trinajstić information content (AvgIpc) is 3.02. The lowest BCUT2D eigenvalue weighted by molar-refractivity contribution is -0.130. The summed E-state index contributed by atoms with van der Waals surface area (Å²) < 4.78 is 0. The quantitative estimate of drug-likeness (QED) is 0.699. The monoisotopic (exact) mass is 312 g/mol. The van der Waals surface area contributed by atoms with Gasteiger partial charge in [-0.15, -0.1) is 11.3 Å². The number of nitrogens with one attached hydrogen (secondary N) is 1. The maximum atomic E-state index is 12.5. The molecule has 2 heterocycles. The molecule has 1 N–H and O–H groups in total. The van der Waals surface area contributed by atoms with Crippen LogP contribution in [-0.4, -0.2) is 22.7 Å². The van der Waals surface area contributed by atoms with E-state index in [-0.39, 0.29) is 12.1 Å². The molecule has 0 saturated carbocycles. The van der Waals surface area contributed by atoms with Crippen LogP contribution in [0.15, 0.2) is 53.4 Å². The molecule has 1 aliphatic heterocycles. The molecule has 1 fully saturated rings. The van der Waals surface area contributed by atoms with Crippen molar-refractivity contribution >= 4 is 35.3 Å². The summed E-state index contributed by atoms with van der Waals surface area (Å²) in [6.45, 7) is 0.126. The zero-order chi connectivity index (χ0) is 15.5. The van der Waals surface area contributed by atoms with Gasteiger partial charge in [-0.3, -0.25) is 19.8 Å². The molecule has 2 aromatic rings. The van der Waals surface area contributed by atoms with Crippen LogP contribution in [-0.2, 0) is 16.1 Å². The molecule has 1 aromatic carbocycles. The molecule has 6 heteroatoms. The number of hydrogen-bond donors (Lipinski definition) is 1. The molecule has 0 spiro atoms. The van der Waals surface area contributed by atoms with Crippen LogP contribution in [0.4, 0.5) is 4.79 Å². The van der Waals surface area contributed by atoms with Gasteiger partial charge < -0.3 is 0 Å². The van der Waals surface area contributed by atoms with Gasteiger partial charge in [0.2, 0.25) is 0 Å². The van der Waals surface area contributed by atoms with Crippen LogP contribution in [0.5, 0.6) is 0 Å². The predicted molar refractivity (Wildman–Crippen MR) is 82.8 cm³/mol. The number of barbiturate groups is 1. The summed E-state index contributed by atoms with van der Waals surface area (Å²) in [5, 5.41) is 4.06. The number of urea groups is 1. The molecule has 1 aromatic heterocycles. The third-order valence-electron chi connectivity index (χ3n) is 3.20. The second kappa shape index (κ2) is 5.95. The molecule has 0 bridgehead atoms. The van der Waals surface area contributed by atoms with Crippen LogP contribution in [0, 0.1) is 0 Å². The first-order valence-electron chi connectivity index (χ1n) is 6.61. The maximum Gasteiger partial charge on any atom is 0.331 e. The average molecular weight is 312 g/mol. The summed E-state index contributed by atoms with van der Waals surface area (Å²) in [5.41, 5.74) is 0.786. The molecule has 110 valence electrons. The standard InChI is InChI=1S/C16H12N2O3S/c19-14-13(9-12-7-4-8-22-12)15(20)18(16(21)17-14)10-11-5-2-1-3-6-11/h1-9H,10H2,(H,17,19,21). The van der Waals surface area contributed by atoms with Crippen molar-refractivity contribution in [3.8, 4) is 0 Å². The number of benzene rings is 1. The normalized spacial score (nSPS) is 17.0. The fraction of sp³-hybridized carbons (Fsp3) is 0.0625. The van der Waals surface area contributed by atoms with Crippen molar-refractivity contribution < 1.29 is 14.4 Å². The van der Waals surface area contributed by atoms with E-state index in [9.17, 15) is 14.4 Å². The summed E-state index contributed by atoms with van der Waals surface area (Å²) in [5.74, 6) is -1.24.